The van der Waals surface area contributed by atoms with Gasteiger partial charge in [0, 0.05) is 22.1 Å². The average Bonchev–Trinajstić information content (AvgIpc) is 3.21. The molecule has 1 unspecified atom stereocenters. The van der Waals surface area contributed by atoms with Crippen molar-refractivity contribution in [1.82, 2.24) is 4.98 Å². The highest BCUT2D eigenvalue weighted by Gasteiger charge is 2.60. The average molecular weight is 513 g/mol. The monoisotopic (exact) mass is 512 g/mol. The molecule has 0 amide bonds. The molecule has 1 aromatic heterocycles. The lowest BCUT2D eigenvalue weighted by atomic mass is 9.72. The molecule has 0 radical (unpaired) electrons. The first-order valence-electron chi connectivity index (χ1n) is 12.5. The number of aliphatic imine (C=N–C) groups is 1. The van der Waals surface area contributed by atoms with Crippen molar-refractivity contribution in [3.63, 3.8) is 0 Å². The number of benzene rings is 2. The Labute approximate surface area is 220 Å². The summed E-state index contributed by atoms with van der Waals surface area (Å²) in [5, 5.41) is 0.753. The molecule has 0 saturated carbocycles. The van der Waals surface area contributed by atoms with Crippen molar-refractivity contribution in [2.45, 2.75) is 45.8 Å². The van der Waals surface area contributed by atoms with E-state index in [-0.39, 0.29) is 47.3 Å². The first kappa shape index (κ1) is 25.3. The number of esters is 2. The van der Waals surface area contributed by atoms with Crippen LogP contribution in [-0.4, -0.2) is 47.4 Å². The second-order valence-electron chi connectivity index (χ2n) is 10.0. The summed E-state index contributed by atoms with van der Waals surface area (Å²) in [5.41, 5.74) is -0.903. The van der Waals surface area contributed by atoms with Gasteiger partial charge in [0.15, 0.2) is 5.78 Å². The predicted octanol–water partition coefficient (Wildman–Crippen LogP) is 4.67. The van der Waals surface area contributed by atoms with E-state index < -0.39 is 23.1 Å². The summed E-state index contributed by atoms with van der Waals surface area (Å²) in [6.45, 7) is 9.01. The van der Waals surface area contributed by atoms with Gasteiger partial charge >= 0.3 is 11.9 Å². The maximum absolute atomic E-state index is 13.8. The van der Waals surface area contributed by atoms with Crippen LogP contribution >= 0.6 is 0 Å². The van der Waals surface area contributed by atoms with Gasteiger partial charge in [-0.25, -0.2) is 19.6 Å². The second kappa shape index (κ2) is 9.20. The molecule has 0 fully saturated rings. The highest BCUT2D eigenvalue weighted by atomic mass is 16.6. The Hall–Kier alpha value is -4.33. The fourth-order valence-electron chi connectivity index (χ4n) is 4.93. The van der Waals surface area contributed by atoms with Gasteiger partial charge in [0.25, 0.3) is 0 Å². The first-order valence-corrected chi connectivity index (χ1v) is 12.5. The Morgan fingerprint density at radius 3 is 2.32 bits per heavy atom. The van der Waals surface area contributed by atoms with Crippen LogP contribution in [0.1, 0.15) is 61.8 Å². The fourth-order valence-corrected chi connectivity index (χ4v) is 4.93. The topological polar surface area (TPSA) is 104 Å². The molecule has 3 aromatic rings. The van der Waals surface area contributed by atoms with Gasteiger partial charge < -0.3 is 14.2 Å². The van der Waals surface area contributed by atoms with Gasteiger partial charge in [-0.1, -0.05) is 42.5 Å². The van der Waals surface area contributed by atoms with Crippen molar-refractivity contribution < 1.29 is 28.6 Å². The van der Waals surface area contributed by atoms with E-state index in [4.69, 9.17) is 19.2 Å². The van der Waals surface area contributed by atoms with Crippen LogP contribution in [0, 0.1) is 0 Å². The minimum atomic E-state index is -1.76. The molecule has 38 heavy (non-hydrogen) atoms. The Morgan fingerprint density at radius 1 is 0.947 bits per heavy atom. The number of ketones is 1. The molecule has 1 aliphatic heterocycles. The van der Waals surface area contributed by atoms with Crippen LogP contribution in [0.2, 0.25) is 0 Å². The molecule has 0 N–H and O–H groups in total. The van der Waals surface area contributed by atoms with E-state index in [1.807, 2.05) is 45.0 Å². The third kappa shape index (κ3) is 3.88. The standard InChI is InChI=1S/C30H28N2O6/c1-6-36-27(34)22-23(28(35)37-7-2)30(38-26(22)32-29(3,4)5)20-14-10-9-13-18(20)24(33)19-16-17-12-8-11-15-21(17)31-25(19)30/h8-16H,6-7H2,1-5H3. The zero-order valence-corrected chi connectivity index (χ0v) is 22.0. The number of rotatable bonds is 4. The molecule has 8 heteroatoms. The number of carbonyl (C=O) groups excluding carboxylic acids is 3. The summed E-state index contributed by atoms with van der Waals surface area (Å²) < 4.78 is 17.5. The van der Waals surface area contributed by atoms with Crippen molar-refractivity contribution in [3.8, 4) is 0 Å². The number of nitrogens with zero attached hydrogens (tertiary/aromatic N) is 2. The highest BCUT2D eigenvalue weighted by molar-refractivity contribution is 6.25. The van der Waals surface area contributed by atoms with Gasteiger partial charge in [-0.3, -0.25) is 4.79 Å². The zero-order valence-electron chi connectivity index (χ0n) is 22.0. The number of pyridine rings is 1. The van der Waals surface area contributed by atoms with E-state index >= 15 is 0 Å². The van der Waals surface area contributed by atoms with Crippen LogP contribution in [0.5, 0.6) is 0 Å². The lowest BCUT2D eigenvalue weighted by Gasteiger charge is -2.36. The first-order chi connectivity index (χ1) is 18.1. The Kier molecular flexibility index (Phi) is 6.13. The molecule has 8 nitrogen and oxygen atoms in total. The number of para-hydroxylation sites is 1. The molecule has 194 valence electrons. The Bertz CT molecular complexity index is 1560. The second-order valence-corrected chi connectivity index (χ2v) is 10.0. The molecular formula is C30H28N2O6. The maximum Gasteiger partial charge on any atom is 0.344 e. The third-order valence-electron chi connectivity index (χ3n) is 6.31. The van der Waals surface area contributed by atoms with Crippen LogP contribution in [-0.2, 0) is 29.4 Å². The number of hydrogen-bond donors (Lipinski definition) is 0. The number of ether oxygens (including phenoxy) is 3. The molecule has 1 spiro atoms. The smallest absolute Gasteiger partial charge is 0.344 e. The molecule has 2 aliphatic rings. The summed E-state index contributed by atoms with van der Waals surface area (Å²) >= 11 is 0. The van der Waals surface area contributed by atoms with E-state index in [0.717, 1.165) is 5.39 Å². The molecule has 2 aromatic carbocycles. The lowest BCUT2D eigenvalue weighted by molar-refractivity contribution is -0.142. The van der Waals surface area contributed by atoms with Crippen LogP contribution in [0.25, 0.3) is 10.9 Å². The van der Waals surface area contributed by atoms with Gasteiger partial charge in [-0.2, -0.15) is 0 Å². The SMILES string of the molecule is CCOC(=O)C1=C(C(=O)OCC)C2(OC1=NC(C)(C)C)c1ccccc1C(=O)c1cc3ccccc3nc12. The number of carbonyl (C=O) groups is 3. The largest absolute Gasteiger partial charge is 0.462 e. The van der Waals surface area contributed by atoms with Crippen molar-refractivity contribution in [1.29, 1.82) is 0 Å². The van der Waals surface area contributed by atoms with Crippen molar-refractivity contribution in [2.75, 3.05) is 13.2 Å². The van der Waals surface area contributed by atoms with Crippen LogP contribution in [0.4, 0.5) is 0 Å². The molecule has 5 rings (SSSR count). The highest BCUT2D eigenvalue weighted by Crippen LogP contribution is 2.52. The van der Waals surface area contributed by atoms with Gasteiger partial charge in [0.2, 0.25) is 11.5 Å². The van der Waals surface area contributed by atoms with Gasteiger partial charge in [0.1, 0.15) is 16.8 Å². The summed E-state index contributed by atoms with van der Waals surface area (Å²) in [6, 6.07) is 16.0. The summed E-state index contributed by atoms with van der Waals surface area (Å²) in [4.78, 5) is 50.5. The van der Waals surface area contributed by atoms with E-state index in [0.29, 0.717) is 16.6 Å². The quantitative estimate of drug-likeness (QED) is 0.468. The Morgan fingerprint density at radius 2 is 1.61 bits per heavy atom. The van der Waals surface area contributed by atoms with Crippen molar-refractivity contribution in [3.05, 3.63) is 88.1 Å². The van der Waals surface area contributed by atoms with E-state index in [1.165, 1.54) is 0 Å². The van der Waals surface area contributed by atoms with Crippen molar-refractivity contribution in [2.24, 2.45) is 4.99 Å². The summed E-state index contributed by atoms with van der Waals surface area (Å²) in [5.74, 6) is -1.87. The van der Waals surface area contributed by atoms with Gasteiger partial charge in [-0.05, 0) is 46.8 Å². The van der Waals surface area contributed by atoms with Crippen LogP contribution in [0.15, 0.2) is 70.7 Å². The zero-order chi connectivity index (χ0) is 27.2. The molecule has 1 atom stereocenters. The summed E-state index contributed by atoms with van der Waals surface area (Å²) in [6.07, 6.45) is 0. The lowest BCUT2D eigenvalue weighted by Crippen LogP contribution is -2.41. The van der Waals surface area contributed by atoms with E-state index in [1.54, 1.807) is 44.2 Å². The molecule has 0 saturated heterocycles. The third-order valence-corrected chi connectivity index (χ3v) is 6.31. The van der Waals surface area contributed by atoms with Crippen molar-refractivity contribution >= 4 is 34.5 Å². The maximum atomic E-state index is 13.8. The minimum absolute atomic E-state index is 0.0544. The molecule has 0 bridgehead atoms. The number of hydrogen-bond acceptors (Lipinski definition) is 8. The molecule has 2 heterocycles. The van der Waals surface area contributed by atoms with E-state index in [2.05, 4.69) is 4.99 Å². The van der Waals surface area contributed by atoms with E-state index in [9.17, 15) is 14.4 Å². The fraction of sp³-hybridized carbons (Fsp3) is 0.300. The van der Waals surface area contributed by atoms with Crippen LogP contribution < -0.4 is 0 Å². The minimum Gasteiger partial charge on any atom is -0.462 e. The van der Waals surface area contributed by atoms with Crippen LogP contribution in [0.3, 0.4) is 0 Å². The number of aromatic nitrogens is 1. The Balaban J connectivity index is 1.97. The van der Waals surface area contributed by atoms with Gasteiger partial charge in [-0.15, -0.1) is 0 Å². The van der Waals surface area contributed by atoms with Gasteiger partial charge in [0.05, 0.1) is 24.3 Å². The normalized spacial score (nSPS) is 19.4. The number of fused-ring (bicyclic) bond motifs is 5. The molecule has 1 aliphatic carbocycles. The summed E-state index contributed by atoms with van der Waals surface area (Å²) in [7, 11) is 0. The molecular weight excluding hydrogens is 484 g/mol. The predicted molar refractivity (Wildman–Crippen MR) is 141 cm³/mol.